The highest BCUT2D eigenvalue weighted by Gasteiger charge is 2.07. The van der Waals surface area contributed by atoms with E-state index in [-0.39, 0.29) is 0 Å². The maximum atomic E-state index is 5.84. The fourth-order valence-electron chi connectivity index (χ4n) is 2.96. The number of nitrogens with one attached hydrogen (secondary N) is 2. The molecule has 0 aliphatic rings. The summed E-state index contributed by atoms with van der Waals surface area (Å²) in [6.07, 6.45) is 2.71. The lowest BCUT2D eigenvalue weighted by atomic mass is 10.1. The largest absolute Gasteiger partial charge is 0.439 e. The van der Waals surface area contributed by atoms with E-state index in [0.29, 0.717) is 12.4 Å². The topological polar surface area (TPSA) is 80.3 Å². The van der Waals surface area contributed by atoms with Gasteiger partial charge in [-0.3, -0.25) is 9.67 Å². The first-order valence-corrected chi connectivity index (χ1v) is 9.52. The molecule has 2 aromatic heterocycles. The van der Waals surface area contributed by atoms with Crippen molar-refractivity contribution in [3.63, 3.8) is 0 Å². The van der Waals surface area contributed by atoms with Crippen molar-refractivity contribution in [1.82, 2.24) is 25.4 Å². The van der Waals surface area contributed by atoms with Crippen LogP contribution in [0.2, 0.25) is 0 Å². The Bertz CT molecular complexity index is 923. The second-order valence-corrected chi connectivity index (χ2v) is 6.84. The van der Waals surface area contributed by atoms with Crippen LogP contribution in [0.3, 0.4) is 0 Å². The van der Waals surface area contributed by atoms with Gasteiger partial charge in [-0.1, -0.05) is 29.8 Å². The van der Waals surface area contributed by atoms with Crippen molar-refractivity contribution < 1.29 is 4.42 Å². The maximum absolute atomic E-state index is 5.84. The number of aromatic nitrogens is 3. The monoisotopic (exact) mass is 380 g/mol. The molecule has 0 saturated carbocycles. The minimum absolute atomic E-state index is 0.475. The molecule has 0 amide bonds. The average Bonchev–Trinajstić information content (AvgIpc) is 3.28. The normalized spacial score (nSPS) is 11.6. The Morgan fingerprint density at radius 3 is 2.61 bits per heavy atom. The van der Waals surface area contributed by atoms with Gasteiger partial charge in [0, 0.05) is 31.4 Å². The summed E-state index contributed by atoms with van der Waals surface area (Å²) in [5.41, 5.74) is 4.49. The second-order valence-electron chi connectivity index (χ2n) is 6.84. The van der Waals surface area contributed by atoms with E-state index in [1.165, 1.54) is 11.3 Å². The van der Waals surface area contributed by atoms with Gasteiger partial charge in [-0.25, -0.2) is 4.98 Å². The van der Waals surface area contributed by atoms with Crippen LogP contribution in [0.15, 0.2) is 45.9 Å². The van der Waals surface area contributed by atoms with Gasteiger partial charge >= 0.3 is 0 Å². The Balaban J connectivity index is 1.44. The van der Waals surface area contributed by atoms with Crippen molar-refractivity contribution in [2.75, 3.05) is 13.6 Å². The zero-order chi connectivity index (χ0) is 19.9. The number of rotatable bonds is 7. The molecule has 7 heteroatoms. The number of hydrogen-bond acceptors (Lipinski definition) is 4. The lowest BCUT2D eigenvalue weighted by molar-refractivity contribution is 0.496. The number of oxazole rings is 1. The van der Waals surface area contributed by atoms with Gasteiger partial charge in [0.15, 0.2) is 11.7 Å². The maximum Gasteiger partial charge on any atom is 0.214 e. The molecule has 0 saturated heterocycles. The summed E-state index contributed by atoms with van der Waals surface area (Å²) in [6.45, 7) is 8.31. The Labute approximate surface area is 165 Å². The zero-order valence-electron chi connectivity index (χ0n) is 17.0. The van der Waals surface area contributed by atoms with Gasteiger partial charge in [-0.15, -0.1) is 0 Å². The molecule has 28 heavy (non-hydrogen) atoms. The van der Waals surface area contributed by atoms with Gasteiger partial charge in [0.25, 0.3) is 0 Å². The van der Waals surface area contributed by atoms with Crippen molar-refractivity contribution in [3.05, 3.63) is 59.4 Å². The molecular formula is C21H28N6O. The van der Waals surface area contributed by atoms with Crippen LogP contribution in [0.1, 0.15) is 29.3 Å². The van der Waals surface area contributed by atoms with Gasteiger partial charge < -0.3 is 15.1 Å². The predicted molar refractivity (Wildman–Crippen MR) is 111 cm³/mol. The molecule has 0 atom stereocenters. The van der Waals surface area contributed by atoms with Crippen LogP contribution in [-0.2, 0) is 13.1 Å². The third-order valence-corrected chi connectivity index (χ3v) is 4.46. The zero-order valence-corrected chi connectivity index (χ0v) is 17.0. The highest BCUT2D eigenvalue weighted by Crippen LogP contribution is 2.20. The van der Waals surface area contributed by atoms with Crippen molar-refractivity contribution in [2.24, 2.45) is 4.99 Å². The van der Waals surface area contributed by atoms with Crippen LogP contribution >= 0.6 is 0 Å². The molecule has 0 bridgehead atoms. The molecule has 3 aromatic rings. The molecule has 0 aliphatic heterocycles. The molecule has 3 rings (SSSR count). The van der Waals surface area contributed by atoms with Gasteiger partial charge in [0.05, 0.1) is 18.4 Å². The third-order valence-electron chi connectivity index (χ3n) is 4.46. The molecule has 0 aliphatic carbocycles. The summed E-state index contributed by atoms with van der Waals surface area (Å²) < 4.78 is 7.87. The Morgan fingerprint density at radius 1 is 1.14 bits per heavy atom. The van der Waals surface area contributed by atoms with Crippen LogP contribution < -0.4 is 10.6 Å². The van der Waals surface area contributed by atoms with E-state index in [2.05, 4.69) is 57.8 Å². The van der Waals surface area contributed by atoms with Gasteiger partial charge in [0.2, 0.25) is 5.89 Å². The number of hydrogen-bond donors (Lipinski definition) is 2. The summed E-state index contributed by atoms with van der Waals surface area (Å²) in [4.78, 5) is 8.59. The Morgan fingerprint density at radius 2 is 1.93 bits per heavy atom. The SMILES string of the molecule is CN=C(NCCCn1nc(C)cc1C)NCc1ncc(-c2ccc(C)cc2)o1. The molecular weight excluding hydrogens is 352 g/mol. The highest BCUT2D eigenvalue weighted by atomic mass is 16.4. The fourth-order valence-corrected chi connectivity index (χ4v) is 2.96. The van der Waals surface area contributed by atoms with Crippen LogP contribution in [0.5, 0.6) is 0 Å². The average molecular weight is 380 g/mol. The first kappa shape index (κ1) is 19.7. The molecule has 148 valence electrons. The predicted octanol–water partition coefficient (Wildman–Crippen LogP) is 3.22. The van der Waals surface area contributed by atoms with Gasteiger partial charge in [-0.2, -0.15) is 5.10 Å². The summed E-state index contributed by atoms with van der Waals surface area (Å²) in [6, 6.07) is 10.3. The lowest BCUT2D eigenvalue weighted by Gasteiger charge is -2.11. The first-order chi connectivity index (χ1) is 13.5. The van der Waals surface area contributed by atoms with E-state index in [9.17, 15) is 0 Å². The number of guanidine groups is 1. The number of benzene rings is 1. The van der Waals surface area contributed by atoms with E-state index in [1.54, 1.807) is 13.2 Å². The van der Waals surface area contributed by atoms with Crippen LogP contribution in [0, 0.1) is 20.8 Å². The number of aryl methyl sites for hydroxylation is 4. The molecule has 2 N–H and O–H groups in total. The second kappa shape index (κ2) is 9.21. The van der Waals surface area contributed by atoms with E-state index in [0.717, 1.165) is 42.5 Å². The van der Waals surface area contributed by atoms with Crippen molar-refractivity contribution in [2.45, 2.75) is 40.3 Å². The summed E-state index contributed by atoms with van der Waals surface area (Å²) >= 11 is 0. The minimum atomic E-state index is 0.475. The quantitative estimate of drug-likeness (QED) is 0.374. The fraction of sp³-hybridized carbons (Fsp3) is 0.381. The van der Waals surface area contributed by atoms with Crippen LogP contribution in [0.4, 0.5) is 0 Å². The smallest absolute Gasteiger partial charge is 0.214 e. The molecule has 7 nitrogen and oxygen atoms in total. The molecule has 0 fully saturated rings. The first-order valence-electron chi connectivity index (χ1n) is 9.52. The number of nitrogens with zero attached hydrogens (tertiary/aromatic N) is 4. The van der Waals surface area contributed by atoms with Gasteiger partial charge in [-0.05, 0) is 33.3 Å². The molecule has 0 unspecified atom stereocenters. The van der Waals surface area contributed by atoms with E-state index in [1.807, 2.05) is 23.7 Å². The summed E-state index contributed by atoms with van der Waals surface area (Å²) in [5, 5.41) is 11.0. The van der Waals surface area contributed by atoms with Crippen LogP contribution in [-0.4, -0.2) is 34.3 Å². The van der Waals surface area contributed by atoms with Crippen molar-refractivity contribution >= 4 is 5.96 Å². The molecule has 1 aromatic carbocycles. The standard InChI is InChI=1S/C21H28N6O/c1-15-6-8-18(9-7-15)19-13-24-20(28-19)14-25-21(22-4)23-10-5-11-27-17(3)12-16(2)26-27/h6-9,12-13H,5,10-11,14H2,1-4H3,(H2,22,23,25). The molecule has 0 spiro atoms. The van der Waals surface area contributed by atoms with Crippen molar-refractivity contribution in [3.8, 4) is 11.3 Å². The molecule has 0 radical (unpaired) electrons. The Hall–Kier alpha value is -3.09. The van der Waals surface area contributed by atoms with Crippen molar-refractivity contribution in [1.29, 1.82) is 0 Å². The number of aliphatic imine (C=N–C) groups is 1. The Kier molecular flexibility index (Phi) is 6.47. The van der Waals surface area contributed by atoms with E-state index < -0.39 is 0 Å². The lowest BCUT2D eigenvalue weighted by Crippen LogP contribution is -2.37. The summed E-state index contributed by atoms with van der Waals surface area (Å²) in [5.74, 6) is 2.12. The minimum Gasteiger partial charge on any atom is -0.439 e. The summed E-state index contributed by atoms with van der Waals surface area (Å²) in [7, 11) is 1.75. The highest BCUT2D eigenvalue weighted by molar-refractivity contribution is 5.79. The van der Waals surface area contributed by atoms with E-state index in [4.69, 9.17) is 4.42 Å². The van der Waals surface area contributed by atoms with E-state index >= 15 is 0 Å². The molecule has 2 heterocycles. The van der Waals surface area contributed by atoms with Gasteiger partial charge in [0.1, 0.15) is 0 Å². The third kappa shape index (κ3) is 5.22. The van der Waals surface area contributed by atoms with Crippen LogP contribution in [0.25, 0.3) is 11.3 Å².